The number of urea groups is 1. The van der Waals surface area contributed by atoms with Crippen LogP contribution < -0.4 is 24.8 Å². The molecule has 0 aliphatic carbocycles. The summed E-state index contributed by atoms with van der Waals surface area (Å²) in [6.07, 6.45) is 1.70. The number of esters is 1. The predicted octanol–water partition coefficient (Wildman–Crippen LogP) is 4.56. The molecule has 0 aliphatic rings. The van der Waals surface area contributed by atoms with Gasteiger partial charge in [0.1, 0.15) is 23.0 Å². The van der Waals surface area contributed by atoms with Crippen LogP contribution in [0.25, 0.3) is 11.6 Å². The molecule has 0 heterocycles. The van der Waals surface area contributed by atoms with E-state index in [-0.39, 0.29) is 6.54 Å². The lowest BCUT2D eigenvalue weighted by Gasteiger charge is -2.11. The van der Waals surface area contributed by atoms with Crippen LogP contribution in [-0.4, -0.2) is 39.2 Å². The summed E-state index contributed by atoms with van der Waals surface area (Å²) in [6, 6.07) is 18.9. The third kappa shape index (κ3) is 7.86. The molecule has 2 N–H and O–H groups in total. The number of carbonyl (C=O) groups excluding carboxylic acids is 3. The van der Waals surface area contributed by atoms with Crippen molar-refractivity contribution in [2.45, 2.75) is 13.5 Å². The Kier molecular flexibility index (Phi) is 9.26. The molecule has 0 aliphatic heterocycles. The summed E-state index contributed by atoms with van der Waals surface area (Å²) >= 11 is 0. The van der Waals surface area contributed by atoms with Gasteiger partial charge in [-0.2, -0.15) is 0 Å². The van der Waals surface area contributed by atoms with Gasteiger partial charge in [0.2, 0.25) is 5.91 Å². The lowest BCUT2D eigenvalue weighted by molar-refractivity contribution is -0.133. The van der Waals surface area contributed by atoms with Gasteiger partial charge in [-0.1, -0.05) is 24.3 Å². The van der Waals surface area contributed by atoms with Gasteiger partial charge in [0.25, 0.3) is 0 Å². The molecule has 0 spiro atoms. The van der Waals surface area contributed by atoms with Gasteiger partial charge in [-0.25, -0.2) is 9.59 Å². The molecule has 0 radical (unpaired) electrons. The zero-order valence-electron chi connectivity index (χ0n) is 21.0. The first-order chi connectivity index (χ1) is 17.8. The van der Waals surface area contributed by atoms with Gasteiger partial charge < -0.3 is 24.3 Å². The van der Waals surface area contributed by atoms with Gasteiger partial charge >= 0.3 is 12.0 Å². The smallest absolute Gasteiger partial charge is 0.338 e. The number of carbonyl (C=O) groups is 3. The molecule has 9 nitrogen and oxygen atoms in total. The van der Waals surface area contributed by atoms with Crippen LogP contribution in [0.3, 0.4) is 0 Å². The van der Waals surface area contributed by atoms with Crippen LogP contribution in [0.2, 0.25) is 0 Å². The van der Waals surface area contributed by atoms with E-state index >= 15 is 0 Å². The van der Waals surface area contributed by atoms with Crippen molar-refractivity contribution in [1.82, 2.24) is 10.6 Å². The number of hydrogen-bond donors (Lipinski definition) is 2. The highest BCUT2D eigenvalue weighted by Gasteiger charge is 2.14. The summed E-state index contributed by atoms with van der Waals surface area (Å²) in [5, 5.41) is 4.74. The Morgan fingerprint density at radius 2 is 1.35 bits per heavy atom. The van der Waals surface area contributed by atoms with Crippen molar-refractivity contribution >= 4 is 29.6 Å². The zero-order chi connectivity index (χ0) is 26.8. The standard InChI is InChI=1S/C28H28N2O7/c1-18(31)30-28(33)29-17-19-5-9-22(10-6-19)37-23-11-7-21(8-12-23)26(27(32)36-4)15-20-13-24(34-2)16-25(14-20)35-3/h5-16H,17H2,1-4H3,(H2,29,30,31,33). The number of hydrogen-bond acceptors (Lipinski definition) is 7. The van der Waals surface area contributed by atoms with E-state index in [0.717, 1.165) is 5.56 Å². The summed E-state index contributed by atoms with van der Waals surface area (Å²) in [7, 11) is 4.44. The number of methoxy groups -OCH3 is 3. The summed E-state index contributed by atoms with van der Waals surface area (Å²) in [6.45, 7) is 1.53. The zero-order valence-corrected chi connectivity index (χ0v) is 21.0. The van der Waals surface area contributed by atoms with Gasteiger partial charge in [-0.15, -0.1) is 0 Å². The van der Waals surface area contributed by atoms with Crippen molar-refractivity contribution in [3.05, 3.63) is 83.4 Å². The Bertz CT molecular complexity index is 1260. The molecule has 3 aromatic carbocycles. The highest BCUT2D eigenvalue weighted by molar-refractivity contribution is 6.21. The largest absolute Gasteiger partial charge is 0.497 e. The third-order valence-electron chi connectivity index (χ3n) is 5.16. The van der Waals surface area contributed by atoms with E-state index < -0.39 is 17.9 Å². The molecule has 0 saturated carbocycles. The maximum absolute atomic E-state index is 12.6. The SMILES string of the molecule is COC(=O)C(=Cc1cc(OC)cc(OC)c1)c1ccc(Oc2ccc(CNC(=O)NC(C)=O)cc2)cc1. The summed E-state index contributed by atoms with van der Waals surface area (Å²) < 4.78 is 21.5. The van der Waals surface area contributed by atoms with Gasteiger partial charge in [0, 0.05) is 19.5 Å². The average Bonchev–Trinajstić information content (AvgIpc) is 2.90. The van der Waals surface area contributed by atoms with Crippen LogP contribution in [-0.2, 0) is 20.9 Å². The van der Waals surface area contributed by atoms with Gasteiger partial charge in [-0.05, 0) is 59.2 Å². The molecule has 0 bridgehead atoms. The third-order valence-corrected chi connectivity index (χ3v) is 5.16. The number of ether oxygens (including phenoxy) is 4. The molecule has 3 amide bonds. The van der Waals surface area contributed by atoms with Gasteiger partial charge in [-0.3, -0.25) is 10.1 Å². The van der Waals surface area contributed by atoms with Crippen molar-refractivity contribution in [1.29, 1.82) is 0 Å². The lowest BCUT2D eigenvalue weighted by Crippen LogP contribution is -2.37. The van der Waals surface area contributed by atoms with Crippen LogP contribution in [0, 0.1) is 0 Å². The molecule has 0 saturated heterocycles. The number of benzene rings is 3. The van der Waals surface area contributed by atoms with Crippen LogP contribution in [0.5, 0.6) is 23.0 Å². The van der Waals surface area contributed by atoms with E-state index in [2.05, 4.69) is 10.6 Å². The Labute approximate surface area is 215 Å². The molecule has 37 heavy (non-hydrogen) atoms. The molecule has 9 heteroatoms. The Morgan fingerprint density at radius 1 is 0.784 bits per heavy atom. The second-order valence-corrected chi connectivity index (χ2v) is 7.83. The Morgan fingerprint density at radius 3 is 1.86 bits per heavy atom. The molecule has 3 rings (SSSR count). The number of nitrogens with one attached hydrogen (secondary N) is 2. The summed E-state index contributed by atoms with van der Waals surface area (Å²) in [4.78, 5) is 35.0. The van der Waals surface area contributed by atoms with Crippen molar-refractivity contribution in [2.24, 2.45) is 0 Å². The first kappa shape index (κ1) is 26.8. The van der Waals surface area contributed by atoms with Crippen LogP contribution in [0.4, 0.5) is 4.79 Å². The number of rotatable bonds is 9. The minimum atomic E-state index is -0.557. The number of amides is 3. The van der Waals surface area contributed by atoms with E-state index in [1.807, 2.05) is 0 Å². The van der Waals surface area contributed by atoms with Gasteiger partial charge in [0.15, 0.2) is 0 Å². The van der Waals surface area contributed by atoms with E-state index in [9.17, 15) is 14.4 Å². The fraction of sp³-hybridized carbons (Fsp3) is 0.179. The first-order valence-corrected chi connectivity index (χ1v) is 11.3. The minimum absolute atomic E-state index is 0.260. The Balaban J connectivity index is 1.73. The average molecular weight is 505 g/mol. The second-order valence-electron chi connectivity index (χ2n) is 7.83. The summed E-state index contributed by atoms with van der Waals surface area (Å²) in [5.74, 6) is 1.44. The quantitative estimate of drug-likeness (QED) is 0.250. The van der Waals surface area contributed by atoms with Crippen molar-refractivity contribution in [3.8, 4) is 23.0 Å². The molecule has 0 unspecified atom stereocenters. The lowest BCUT2D eigenvalue weighted by atomic mass is 10.0. The van der Waals surface area contributed by atoms with Crippen LogP contribution in [0.15, 0.2) is 66.7 Å². The van der Waals surface area contributed by atoms with Crippen molar-refractivity contribution < 1.29 is 33.3 Å². The fourth-order valence-electron chi connectivity index (χ4n) is 3.35. The van der Waals surface area contributed by atoms with E-state index in [1.165, 1.54) is 14.0 Å². The van der Waals surface area contributed by atoms with Crippen molar-refractivity contribution in [3.63, 3.8) is 0 Å². The molecule has 0 fully saturated rings. The predicted molar refractivity (Wildman–Crippen MR) is 138 cm³/mol. The van der Waals surface area contributed by atoms with E-state index in [4.69, 9.17) is 18.9 Å². The van der Waals surface area contributed by atoms with E-state index in [1.54, 1.807) is 87.0 Å². The summed E-state index contributed by atoms with van der Waals surface area (Å²) in [5.41, 5.74) is 2.55. The minimum Gasteiger partial charge on any atom is -0.497 e. The monoisotopic (exact) mass is 504 g/mol. The highest BCUT2D eigenvalue weighted by atomic mass is 16.5. The molecular formula is C28H28N2O7. The second kappa shape index (κ2) is 12.8. The Hall–Kier alpha value is -4.79. The number of imide groups is 1. The highest BCUT2D eigenvalue weighted by Crippen LogP contribution is 2.29. The molecule has 192 valence electrons. The molecule has 3 aromatic rings. The molecule has 0 atom stereocenters. The van der Waals surface area contributed by atoms with Crippen LogP contribution in [0.1, 0.15) is 23.6 Å². The van der Waals surface area contributed by atoms with Crippen LogP contribution >= 0.6 is 0 Å². The first-order valence-electron chi connectivity index (χ1n) is 11.3. The normalized spacial score (nSPS) is 10.8. The maximum Gasteiger partial charge on any atom is 0.338 e. The molecule has 0 aromatic heterocycles. The van der Waals surface area contributed by atoms with E-state index in [0.29, 0.717) is 39.7 Å². The maximum atomic E-state index is 12.6. The van der Waals surface area contributed by atoms with Gasteiger partial charge in [0.05, 0.1) is 26.9 Å². The topological polar surface area (TPSA) is 112 Å². The van der Waals surface area contributed by atoms with Crippen molar-refractivity contribution in [2.75, 3.05) is 21.3 Å². The fourth-order valence-corrected chi connectivity index (χ4v) is 3.35. The molecular weight excluding hydrogens is 476 g/mol.